The second kappa shape index (κ2) is 16.2. The molecule has 8 rings (SSSR count). The number of carbonyl (C=O) groups excluding carboxylic acids is 4. The molecule has 0 radical (unpaired) electrons. The van der Waals surface area contributed by atoms with Gasteiger partial charge >= 0.3 is 17.6 Å². The van der Waals surface area contributed by atoms with E-state index in [-0.39, 0.29) is 40.6 Å². The van der Waals surface area contributed by atoms with Gasteiger partial charge in [0.1, 0.15) is 0 Å². The zero-order valence-electron chi connectivity index (χ0n) is 34.1. The van der Waals surface area contributed by atoms with Gasteiger partial charge in [-0.2, -0.15) is 18.2 Å². The predicted molar refractivity (Wildman–Crippen MR) is 228 cm³/mol. The number of rotatable bonds is 10. The number of carbonyl (C=O) groups is 4. The Bertz CT molecular complexity index is 2770. The molecule has 3 aromatic carbocycles. The SMILES string of the molecule is COc1cc(C=CC2C3=CCC4C(=O)N(c5cc([N+](=O)[O-])c(N(C)C)c([N+](=O)[O-])c5)C(=O)C4C3CC3C(=O)N(Nc4ncc(C(F)(F)F)cc4Cl)C(=O)C23c2ccc(Cl)cc2)ccc1O. The molecular formula is C43H34Cl2F3N7O10. The Morgan fingerprint density at radius 3 is 2.20 bits per heavy atom. The van der Waals surface area contributed by atoms with E-state index in [0.717, 1.165) is 12.1 Å². The summed E-state index contributed by atoms with van der Waals surface area (Å²) in [4.78, 5) is 87.9. The molecule has 336 valence electrons. The van der Waals surface area contributed by atoms with Gasteiger partial charge in [0.05, 0.1) is 56.4 Å². The maximum atomic E-state index is 15.4. The number of aromatic hydroxyl groups is 1. The van der Waals surface area contributed by atoms with E-state index in [0.29, 0.717) is 33.3 Å². The number of phenolic OH excluding ortho intramolecular Hbond substituents is 1. The molecule has 2 aliphatic heterocycles. The van der Waals surface area contributed by atoms with Crippen molar-refractivity contribution in [3.8, 4) is 11.5 Å². The van der Waals surface area contributed by atoms with Gasteiger partial charge < -0.3 is 14.7 Å². The molecule has 4 aromatic rings. The van der Waals surface area contributed by atoms with Crippen LogP contribution in [0.25, 0.3) is 6.08 Å². The molecule has 2 saturated heterocycles. The van der Waals surface area contributed by atoms with Crippen LogP contribution < -0.4 is 20.0 Å². The first-order valence-corrected chi connectivity index (χ1v) is 20.4. The molecule has 17 nitrogen and oxygen atoms in total. The number of allylic oxidation sites excluding steroid dienone is 3. The van der Waals surface area contributed by atoms with Gasteiger partial charge in [-0.25, -0.2) is 9.88 Å². The van der Waals surface area contributed by atoms with E-state index in [1.807, 2.05) is 0 Å². The van der Waals surface area contributed by atoms with Gasteiger partial charge in [-0.3, -0.25) is 44.8 Å². The van der Waals surface area contributed by atoms with Crippen molar-refractivity contribution in [2.45, 2.75) is 24.4 Å². The quantitative estimate of drug-likeness (QED) is 0.0674. The van der Waals surface area contributed by atoms with Crippen molar-refractivity contribution < 1.29 is 52.0 Å². The zero-order chi connectivity index (χ0) is 47.0. The second-order valence-electron chi connectivity index (χ2n) is 16.0. The summed E-state index contributed by atoms with van der Waals surface area (Å²) in [5.74, 6) is -9.72. The van der Waals surface area contributed by atoms with Crippen molar-refractivity contribution >= 4 is 81.5 Å². The van der Waals surface area contributed by atoms with E-state index in [4.69, 9.17) is 27.9 Å². The maximum absolute atomic E-state index is 15.4. The largest absolute Gasteiger partial charge is 0.504 e. The van der Waals surface area contributed by atoms with Gasteiger partial charge in [-0.1, -0.05) is 65.2 Å². The number of imide groups is 2. The molecule has 2 aliphatic carbocycles. The van der Waals surface area contributed by atoms with Crippen LogP contribution in [0.2, 0.25) is 10.0 Å². The maximum Gasteiger partial charge on any atom is 0.417 e. The molecule has 3 heterocycles. The smallest absolute Gasteiger partial charge is 0.417 e. The number of benzene rings is 3. The Balaban J connectivity index is 1.29. The molecular weight excluding hydrogens is 902 g/mol. The number of phenols is 1. The first-order valence-electron chi connectivity index (χ1n) is 19.6. The minimum atomic E-state index is -4.82. The Labute approximate surface area is 375 Å². The first-order chi connectivity index (χ1) is 30.7. The van der Waals surface area contributed by atoms with Gasteiger partial charge in [-0.05, 0) is 60.2 Å². The number of methoxy groups -OCH3 is 1. The Morgan fingerprint density at radius 1 is 0.954 bits per heavy atom. The van der Waals surface area contributed by atoms with Gasteiger partial charge in [0, 0.05) is 43.4 Å². The summed E-state index contributed by atoms with van der Waals surface area (Å²) >= 11 is 12.6. The molecule has 4 amide bonds. The van der Waals surface area contributed by atoms with Gasteiger partial charge in [0.15, 0.2) is 23.0 Å². The third-order valence-electron chi connectivity index (χ3n) is 12.5. The van der Waals surface area contributed by atoms with Crippen LogP contribution in [0, 0.1) is 49.8 Å². The zero-order valence-corrected chi connectivity index (χ0v) is 35.6. The summed E-state index contributed by atoms with van der Waals surface area (Å²) in [7, 11) is 4.06. The molecule has 0 spiro atoms. The minimum Gasteiger partial charge on any atom is -0.504 e. The van der Waals surface area contributed by atoms with E-state index >= 15 is 4.79 Å². The number of amides is 4. The van der Waals surface area contributed by atoms with E-state index in [9.17, 15) is 52.9 Å². The van der Waals surface area contributed by atoms with E-state index in [1.54, 1.807) is 36.4 Å². The highest BCUT2D eigenvalue weighted by molar-refractivity contribution is 6.33. The number of nitro groups is 2. The van der Waals surface area contributed by atoms with Crippen LogP contribution in [-0.2, 0) is 30.8 Å². The van der Waals surface area contributed by atoms with Crippen LogP contribution in [0.4, 0.5) is 41.7 Å². The van der Waals surface area contributed by atoms with Gasteiger partial charge in [0.2, 0.25) is 11.8 Å². The second-order valence-corrected chi connectivity index (χ2v) is 16.9. The fourth-order valence-electron chi connectivity index (χ4n) is 9.74. The summed E-state index contributed by atoms with van der Waals surface area (Å²) in [6, 6.07) is 12.9. The summed E-state index contributed by atoms with van der Waals surface area (Å²) < 4.78 is 46.0. The number of hydrazine groups is 1. The van der Waals surface area contributed by atoms with Crippen LogP contribution >= 0.6 is 23.2 Å². The summed E-state index contributed by atoms with van der Waals surface area (Å²) in [6.45, 7) is 0. The number of anilines is 3. The normalized spacial score (nSPS) is 23.9. The molecule has 22 heteroatoms. The van der Waals surface area contributed by atoms with Crippen molar-refractivity contribution in [1.82, 2.24) is 9.99 Å². The number of pyridine rings is 1. The number of fused-ring (bicyclic) bond motifs is 4. The number of alkyl halides is 3. The molecule has 0 bridgehead atoms. The lowest BCUT2D eigenvalue weighted by Gasteiger charge is -2.49. The number of hydrogen-bond acceptors (Lipinski definition) is 13. The lowest BCUT2D eigenvalue weighted by Crippen LogP contribution is -2.54. The van der Waals surface area contributed by atoms with Gasteiger partial charge in [-0.15, -0.1) is 0 Å². The van der Waals surface area contributed by atoms with Crippen LogP contribution in [0.5, 0.6) is 11.5 Å². The van der Waals surface area contributed by atoms with Crippen molar-refractivity contribution in [1.29, 1.82) is 0 Å². The Hall–Kier alpha value is -7.06. The van der Waals surface area contributed by atoms with Crippen LogP contribution in [-0.4, -0.2) is 69.8 Å². The predicted octanol–water partition coefficient (Wildman–Crippen LogP) is 7.74. The lowest BCUT2D eigenvalue weighted by atomic mass is 9.50. The van der Waals surface area contributed by atoms with Gasteiger partial charge in [0.25, 0.3) is 11.8 Å². The van der Waals surface area contributed by atoms with Crippen LogP contribution in [0.3, 0.4) is 0 Å². The van der Waals surface area contributed by atoms with Crippen molar-refractivity contribution in [3.63, 3.8) is 0 Å². The number of nitro benzene ring substituents is 2. The molecule has 4 aliphatic rings. The molecule has 3 fully saturated rings. The monoisotopic (exact) mass is 935 g/mol. The third-order valence-corrected chi connectivity index (χ3v) is 13.0. The summed E-state index contributed by atoms with van der Waals surface area (Å²) in [5.41, 5.74) is -1.55. The first kappa shape index (κ1) is 44.5. The van der Waals surface area contributed by atoms with E-state index in [1.165, 1.54) is 50.4 Å². The number of ether oxygens (including phenoxy) is 1. The Morgan fingerprint density at radius 2 is 1.62 bits per heavy atom. The van der Waals surface area contributed by atoms with Crippen molar-refractivity contribution in [2.24, 2.45) is 29.6 Å². The molecule has 65 heavy (non-hydrogen) atoms. The average Bonchev–Trinajstić information content (AvgIpc) is 3.63. The molecule has 2 N–H and O–H groups in total. The number of nitrogens with one attached hydrogen (secondary N) is 1. The fraction of sp³-hybridized carbons (Fsp3) is 0.279. The lowest BCUT2D eigenvalue weighted by molar-refractivity contribution is -0.392. The number of halogens is 5. The number of nitrogens with zero attached hydrogens (tertiary/aromatic N) is 6. The third kappa shape index (κ3) is 7.16. The highest BCUT2D eigenvalue weighted by Gasteiger charge is 2.70. The minimum absolute atomic E-state index is 0.0918. The highest BCUT2D eigenvalue weighted by Crippen LogP contribution is 2.62. The molecule has 6 unspecified atom stereocenters. The molecule has 1 aromatic heterocycles. The Kier molecular flexibility index (Phi) is 11.1. The van der Waals surface area contributed by atoms with E-state index < -0.39 is 108 Å². The van der Waals surface area contributed by atoms with E-state index in [2.05, 4.69) is 10.4 Å². The topological polar surface area (TPSA) is 219 Å². The fourth-order valence-corrected chi connectivity index (χ4v) is 10.1. The number of hydrogen-bond donors (Lipinski definition) is 2. The summed E-state index contributed by atoms with van der Waals surface area (Å²) in [5, 5.41) is 35.2. The highest BCUT2D eigenvalue weighted by atomic mass is 35.5. The summed E-state index contributed by atoms with van der Waals surface area (Å²) in [6.07, 6.45) is 0.251. The van der Waals surface area contributed by atoms with Crippen molar-refractivity contribution in [3.05, 3.63) is 132 Å². The molecule has 6 atom stereocenters. The number of aromatic nitrogens is 1. The van der Waals surface area contributed by atoms with Crippen molar-refractivity contribution in [2.75, 3.05) is 36.4 Å². The average molecular weight is 937 g/mol. The van der Waals surface area contributed by atoms with Crippen LogP contribution in [0.15, 0.2) is 84.6 Å². The van der Waals surface area contributed by atoms with Crippen LogP contribution in [0.1, 0.15) is 29.5 Å². The molecule has 1 saturated carbocycles. The standard InChI is InChI=1S/C43H34Cl2F3N7O10/c1-51(2)36-31(54(61)62)16-24(17-32(36)55(63)64)52-38(57)26-11-10-25-27(35(26)40(52)59)18-29-39(58)53(50-37-30(45)15-22(19-49-37)43(46,47)48)41(60)42(29,21-6-8-23(44)9-7-21)28(25)12-4-20-5-13-33(56)34(14-20)65-3/h4-10,12-17,19,26-29,35,56H,11,18H2,1-3H3,(H,49,50).